The number of methoxy groups -OCH3 is 1. The second-order valence-corrected chi connectivity index (χ2v) is 3.89. The van der Waals surface area contributed by atoms with Gasteiger partial charge < -0.3 is 20.4 Å². The number of amides is 1. The first-order chi connectivity index (χ1) is 8.72. The quantitative estimate of drug-likeness (QED) is 0.749. The van der Waals surface area contributed by atoms with E-state index in [0.717, 1.165) is 11.0 Å². The van der Waals surface area contributed by atoms with Gasteiger partial charge in [0, 0.05) is 13.7 Å². The number of nitrogens with one attached hydrogen (secondary N) is 1. The van der Waals surface area contributed by atoms with Crippen LogP contribution in [0.15, 0.2) is 24.3 Å². The zero-order chi connectivity index (χ0) is 13.0. The second kappa shape index (κ2) is 5.50. The Bertz CT molecular complexity index is 550. The number of carbonyl (C=O) groups excluding carboxylic acids is 1. The normalized spacial score (nSPS) is 10.7. The number of carbonyl (C=O) groups is 1. The number of benzene rings is 1. The van der Waals surface area contributed by atoms with Gasteiger partial charge in [0.05, 0.1) is 17.6 Å². The first-order valence-electron chi connectivity index (χ1n) is 5.68. The van der Waals surface area contributed by atoms with Gasteiger partial charge in [-0.2, -0.15) is 0 Å². The number of fused-ring (bicyclic) bond motifs is 1. The molecule has 0 fully saturated rings. The molecule has 1 heterocycles. The van der Waals surface area contributed by atoms with Crippen LogP contribution in [0.2, 0.25) is 0 Å². The summed E-state index contributed by atoms with van der Waals surface area (Å²) in [6.45, 7) is 1.14. The SMILES string of the molecule is COCCNC(=O)Cn1c(N)nc2ccccc21. The van der Waals surface area contributed by atoms with E-state index in [1.807, 2.05) is 24.3 Å². The van der Waals surface area contributed by atoms with Gasteiger partial charge >= 0.3 is 0 Å². The first kappa shape index (κ1) is 12.4. The molecule has 1 aromatic heterocycles. The van der Waals surface area contributed by atoms with Crippen LogP contribution in [0.1, 0.15) is 0 Å². The Morgan fingerprint density at radius 3 is 3.06 bits per heavy atom. The predicted molar refractivity (Wildman–Crippen MR) is 69.0 cm³/mol. The average Bonchev–Trinajstić information content (AvgIpc) is 2.67. The Kier molecular flexibility index (Phi) is 3.78. The highest BCUT2D eigenvalue weighted by Gasteiger charge is 2.10. The van der Waals surface area contributed by atoms with Crippen molar-refractivity contribution in [2.75, 3.05) is 26.0 Å². The van der Waals surface area contributed by atoms with Crippen LogP contribution < -0.4 is 11.1 Å². The largest absolute Gasteiger partial charge is 0.383 e. The maximum Gasteiger partial charge on any atom is 0.240 e. The molecule has 0 aliphatic carbocycles. The summed E-state index contributed by atoms with van der Waals surface area (Å²) in [6, 6.07) is 7.53. The van der Waals surface area contributed by atoms with Crippen LogP contribution in [0.5, 0.6) is 0 Å². The summed E-state index contributed by atoms with van der Waals surface area (Å²) in [6.07, 6.45) is 0. The first-order valence-corrected chi connectivity index (χ1v) is 5.68. The van der Waals surface area contributed by atoms with E-state index in [4.69, 9.17) is 10.5 Å². The number of anilines is 1. The van der Waals surface area contributed by atoms with Gasteiger partial charge in [-0.1, -0.05) is 12.1 Å². The molecule has 2 rings (SSSR count). The van der Waals surface area contributed by atoms with Gasteiger partial charge in [-0.05, 0) is 12.1 Å². The number of aromatic nitrogens is 2. The summed E-state index contributed by atoms with van der Waals surface area (Å²) < 4.78 is 6.55. The zero-order valence-corrected chi connectivity index (χ0v) is 10.2. The van der Waals surface area contributed by atoms with Crippen molar-refractivity contribution in [3.8, 4) is 0 Å². The number of hydrogen-bond acceptors (Lipinski definition) is 4. The van der Waals surface area contributed by atoms with E-state index in [9.17, 15) is 4.79 Å². The van der Waals surface area contributed by atoms with E-state index in [-0.39, 0.29) is 12.5 Å². The van der Waals surface area contributed by atoms with Gasteiger partial charge in [0.2, 0.25) is 11.9 Å². The molecule has 0 unspecified atom stereocenters. The fraction of sp³-hybridized carbons (Fsp3) is 0.333. The van der Waals surface area contributed by atoms with E-state index < -0.39 is 0 Å². The zero-order valence-electron chi connectivity index (χ0n) is 10.2. The molecule has 0 aliphatic heterocycles. The lowest BCUT2D eigenvalue weighted by molar-refractivity contribution is -0.121. The third-order valence-electron chi connectivity index (χ3n) is 2.61. The van der Waals surface area contributed by atoms with Crippen LogP contribution in [-0.4, -0.2) is 35.7 Å². The Labute approximate surface area is 105 Å². The van der Waals surface area contributed by atoms with Crippen molar-refractivity contribution < 1.29 is 9.53 Å². The number of nitrogen functional groups attached to an aromatic ring is 1. The number of para-hydroxylation sites is 2. The minimum atomic E-state index is -0.109. The van der Waals surface area contributed by atoms with Gasteiger partial charge in [0.25, 0.3) is 0 Å². The second-order valence-electron chi connectivity index (χ2n) is 3.89. The van der Waals surface area contributed by atoms with E-state index >= 15 is 0 Å². The Balaban J connectivity index is 2.11. The van der Waals surface area contributed by atoms with Gasteiger partial charge in [-0.25, -0.2) is 4.98 Å². The predicted octanol–water partition coefficient (Wildman–Crippen LogP) is 0.381. The number of ether oxygens (including phenoxy) is 1. The Morgan fingerprint density at radius 2 is 2.28 bits per heavy atom. The summed E-state index contributed by atoms with van der Waals surface area (Å²) in [5, 5.41) is 2.75. The molecule has 0 spiro atoms. The van der Waals surface area contributed by atoms with Gasteiger partial charge in [-0.3, -0.25) is 4.79 Å². The monoisotopic (exact) mass is 248 g/mol. The maximum atomic E-state index is 11.7. The van der Waals surface area contributed by atoms with Gasteiger partial charge in [0.1, 0.15) is 6.54 Å². The molecule has 0 atom stereocenters. The molecule has 0 saturated carbocycles. The van der Waals surface area contributed by atoms with Crippen molar-refractivity contribution in [2.24, 2.45) is 0 Å². The van der Waals surface area contributed by atoms with Crippen LogP contribution in [0, 0.1) is 0 Å². The molecule has 0 aliphatic rings. The number of imidazole rings is 1. The molecule has 1 aromatic carbocycles. The van der Waals surface area contributed by atoms with Crippen molar-refractivity contribution >= 4 is 22.9 Å². The number of nitrogens with zero attached hydrogens (tertiary/aromatic N) is 2. The molecule has 2 aromatic rings. The van der Waals surface area contributed by atoms with E-state index in [0.29, 0.717) is 19.1 Å². The van der Waals surface area contributed by atoms with Crippen molar-refractivity contribution in [3.05, 3.63) is 24.3 Å². The highest BCUT2D eigenvalue weighted by Crippen LogP contribution is 2.16. The molecule has 0 saturated heterocycles. The molecule has 1 amide bonds. The smallest absolute Gasteiger partial charge is 0.240 e. The molecule has 6 heteroatoms. The molecule has 18 heavy (non-hydrogen) atoms. The highest BCUT2D eigenvalue weighted by atomic mass is 16.5. The maximum absolute atomic E-state index is 11.7. The number of nitrogens with two attached hydrogens (primary N) is 1. The molecule has 6 nitrogen and oxygen atoms in total. The summed E-state index contributed by atoms with van der Waals surface area (Å²) in [5.74, 6) is 0.236. The molecular weight excluding hydrogens is 232 g/mol. The molecular formula is C12H16N4O2. The van der Waals surface area contributed by atoms with E-state index in [1.54, 1.807) is 11.7 Å². The van der Waals surface area contributed by atoms with E-state index in [2.05, 4.69) is 10.3 Å². The summed E-state index contributed by atoms with van der Waals surface area (Å²) in [7, 11) is 1.59. The van der Waals surface area contributed by atoms with Crippen molar-refractivity contribution in [2.45, 2.75) is 6.54 Å². The average molecular weight is 248 g/mol. The van der Waals surface area contributed by atoms with Crippen LogP contribution in [-0.2, 0) is 16.1 Å². The highest BCUT2D eigenvalue weighted by molar-refractivity contribution is 5.82. The standard InChI is InChI=1S/C12H16N4O2/c1-18-7-6-14-11(17)8-16-10-5-3-2-4-9(10)15-12(16)13/h2-5H,6-8H2,1H3,(H2,13,15)(H,14,17). The van der Waals surface area contributed by atoms with E-state index in [1.165, 1.54) is 0 Å². The fourth-order valence-electron chi connectivity index (χ4n) is 1.75. The lowest BCUT2D eigenvalue weighted by Crippen LogP contribution is -2.30. The third-order valence-corrected chi connectivity index (χ3v) is 2.61. The van der Waals surface area contributed by atoms with Gasteiger partial charge in [0.15, 0.2) is 0 Å². The molecule has 3 N–H and O–H groups in total. The lowest BCUT2D eigenvalue weighted by atomic mass is 10.3. The van der Waals surface area contributed by atoms with Gasteiger partial charge in [-0.15, -0.1) is 0 Å². The number of hydrogen-bond donors (Lipinski definition) is 2. The number of rotatable bonds is 5. The summed E-state index contributed by atoms with van der Waals surface area (Å²) in [5.41, 5.74) is 7.45. The summed E-state index contributed by atoms with van der Waals surface area (Å²) in [4.78, 5) is 15.9. The van der Waals surface area contributed by atoms with Crippen LogP contribution in [0.25, 0.3) is 11.0 Å². The van der Waals surface area contributed by atoms with Crippen LogP contribution >= 0.6 is 0 Å². The minimum absolute atomic E-state index is 0.109. The fourth-order valence-corrected chi connectivity index (χ4v) is 1.75. The molecule has 0 bridgehead atoms. The van der Waals surface area contributed by atoms with Crippen LogP contribution in [0.3, 0.4) is 0 Å². The van der Waals surface area contributed by atoms with Crippen molar-refractivity contribution in [1.82, 2.24) is 14.9 Å². The minimum Gasteiger partial charge on any atom is -0.383 e. The summed E-state index contributed by atoms with van der Waals surface area (Å²) >= 11 is 0. The Hall–Kier alpha value is -2.08. The molecule has 96 valence electrons. The Morgan fingerprint density at radius 1 is 1.50 bits per heavy atom. The molecule has 0 radical (unpaired) electrons. The lowest BCUT2D eigenvalue weighted by Gasteiger charge is -2.07. The van der Waals surface area contributed by atoms with Crippen molar-refractivity contribution in [1.29, 1.82) is 0 Å². The van der Waals surface area contributed by atoms with Crippen molar-refractivity contribution in [3.63, 3.8) is 0 Å². The third kappa shape index (κ3) is 2.60. The van der Waals surface area contributed by atoms with Crippen LogP contribution in [0.4, 0.5) is 5.95 Å². The topological polar surface area (TPSA) is 82.2 Å².